The Morgan fingerprint density at radius 3 is 2.90 bits per heavy atom. The molecule has 1 atom stereocenters. The van der Waals surface area contributed by atoms with E-state index in [4.69, 9.17) is 4.74 Å². The van der Waals surface area contributed by atoms with Crippen molar-refractivity contribution in [3.8, 4) is 0 Å². The summed E-state index contributed by atoms with van der Waals surface area (Å²) in [5, 5.41) is 2.55. The molecule has 2 heterocycles. The van der Waals surface area contributed by atoms with Crippen LogP contribution in [0.1, 0.15) is 12.8 Å². The Hall–Kier alpha value is -1.51. The van der Waals surface area contributed by atoms with Crippen molar-refractivity contribution in [3.63, 3.8) is 0 Å². The number of pyridine rings is 1. The van der Waals surface area contributed by atoms with Gasteiger partial charge in [-0.15, -0.1) is 0 Å². The van der Waals surface area contributed by atoms with Crippen molar-refractivity contribution in [2.75, 3.05) is 27.3 Å². The van der Waals surface area contributed by atoms with Gasteiger partial charge in [0.05, 0.1) is 6.61 Å². The van der Waals surface area contributed by atoms with Gasteiger partial charge in [0.2, 0.25) is 15.9 Å². The minimum Gasteiger partial charge on any atom is -0.382 e. The standard InChI is InChI=1S/C13H19N3O4S/c1-14-12(17)13(10-20-2)6-4-8-16(13)21(18,19)11-5-3-7-15-9-11/h3,5,7,9H,4,6,8,10H2,1-2H3,(H,14,17). The molecule has 1 unspecified atom stereocenters. The molecule has 0 aromatic carbocycles. The zero-order chi connectivity index (χ0) is 15.5. The molecule has 0 bridgehead atoms. The molecule has 0 radical (unpaired) electrons. The van der Waals surface area contributed by atoms with E-state index in [-0.39, 0.29) is 24.0 Å². The first-order valence-electron chi connectivity index (χ1n) is 6.63. The highest BCUT2D eigenvalue weighted by Gasteiger charge is 2.52. The molecule has 1 N–H and O–H groups in total. The van der Waals surface area contributed by atoms with E-state index in [1.165, 1.54) is 36.9 Å². The Morgan fingerprint density at radius 1 is 1.57 bits per heavy atom. The molecule has 0 saturated carbocycles. The van der Waals surface area contributed by atoms with E-state index in [9.17, 15) is 13.2 Å². The van der Waals surface area contributed by atoms with Crippen LogP contribution in [0.2, 0.25) is 0 Å². The molecular formula is C13H19N3O4S. The van der Waals surface area contributed by atoms with E-state index in [1.807, 2.05) is 0 Å². The molecule has 0 aliphatic carbocycles. The Kier molecular flexibility index (Phi) is 4.60. The molecule has 1 aliphatic rings. The van der Waals surface area contributed by atoms with Crippen LogP contribution >= 0.6 is 0 Å². The second-order valence-corrected chi connectivity index (χ2v) is 6.78. The van der Waals surface area contributed by atoms with E-state index < -0.39 is 15.6 Å². The van der Waals surface area contributed by atoms with E-state index in [2.05, 4.69) is 10.3 Å². The fourth-order valence-corrected chi connectivity index (χ4v) is 4.49. The quantitative estimate of drug-likeness (QED) is 0.826. The maximum absolute atomic E-state index is 12.8. The Morgan fingerprint density at radius 2 is 2.33 bits per heavy atom. The highest BCUT2D eigenvalue weighted by atomic mass is 32.2. The van der Waals surface area contributed by atoms with Crippen LogP contribution in [0.3, 0.4) is 0 Å². The number of ether oxygens (including phenoxy) is 1. The monoisotopic (exact) mass is 313 g/mol. The second-order valence-electron chi connectivity index (χ2n) is 4.91. The van der Waals surface area contributed by atoms with Gasteiger partial charge in [0.1, 0.15) is 10.4 Å². The van der Waals surface area contributed by atoms with Crippen LogP contribution in [-0.2, 0) is 19.6 Å². The highest BCUT2D eigenvalue weighted by Crippen LogP contribution is 2.35. The molecule has 7 nitrogen and oxygen atoms in total. The maximum Gasteiger partial charge on any atom is 0.245 e. The van der Waals surface area contributed by atoms with Gasteiger partial charge >= 0.3 is 0 Å². The van der Waals surface area contributed by atoms with Crippen LogP contribution in [0.15, 0.2) is 29.4 Å². The van der Waals surface area contributed by atoms with Gasteiger partial charge in [-0.1, -0.05) is 0 Å². The fraction of sp³-hybridized carbons (Fsp3) is 0.538. The molecule has 1 aliphatic heterocycles. The molecular weight excluding hydrogens is 294 g/mol. The lowest BCUT2D eigenvalue weighted by Gasteiger charge is -2.35. The minimum absolute atomic E-state index is 0.0200. The Bertz CT molecular complexity index is 605. The maximum atomic E-state index is 12.8. The summed E-state index contributed by atoms with van der Waals surface area (Å²) in [5.74, 6) is -0.352. The SMILES string of the molecule is CNC(=O)C1(COC)CCCN1S(=O)(=O)c1cccnc1. The smallest absolute Gasteiger partial charge is 0.245 e. The first kappa shape index (κ1) is 15.9. The van der Waals surface area contributed by atoms with Gasteiger partial charge < -0.3 is 10.1 Å². The topological polar surface area (TPSA) is 88.6 Å². The summed E-state index contributed by atoms with van der Waals surface area (Å²) >= 11 is 0. The summed E-state index contributed by atoms with van der Waals surface area (Å²) < 4.78 is 32.0. The molecule has 116 valence electrons. The number of carbonyl (C=O) groups excluding carboxylic acids is 1. The van der Waals surface area contributed by atoms with Gasteiger partial charge in [-0.25, -0.2) is 8.42 Å². The zero-order valence-corrected chi connectivity index (χ0v) is 12.9. The number of aromatic nitrogens is 1. The number of amides is 1. The first-order chi connectivity index (χ1) is 9.99. The van der Waals surface area contributed by atoms with Gasteiger partial charge in [0.25, 0.3) is 0 Å². The normalized spacial score (nSPS) is 23.1. The van der Waals surface area contributed by atoms with E-state index in [0.717, 1.165) is 0 Å². The molecule has 2 rings (SSSR count). The highest BCUT2D eigenvalue weighted by molar-refractivity contribution is 7.89. The third kappa shape index (κ3) is 2.66. The number of hydrogen-bond donors (Lipinski definition) is 1. The molecule has 21 heavy (non-hydrogen) atoms. The molecule has 1 aromatic rings. The first-order valence-corrected chi connectivity index (χ1v) is 8.07. The van der Waals surface area contributed by atoms with Gasteiger partial charge in [0.15, 0.2) is 0 Å². The molecule has 1 saturated heterocycles. The molecule has 0 spiro atoms. The lowest BCUT2D eigenvalue weighted by molar-refractivity contribution is -0.131. The summed E-state index contributed by atoms with van der Waals surface area (Å²) in [6.07, 6.45) is 3.83. The van der Waals surface area contributed by atoms with Gasteiger partial charge in [-0.2, -0.15) is 4.31 Å². The number of nitrogens with zero attached hydrogens (tertiary/aromatic N) is 2. The number of nitrogens with one attached hydrogen (secondary N) is 1. The third-order valence-corrected chi connectivity index (χ3v) is 5.63. The van der Waals surface area contributed by atoms with Crippen LogP contribution in [0, 0.1) is 0 Å². The van der Waals surface area contributed by atoms with E-state index in [0.29, 0.717) is 12.8 Å². The van der Waals surface area contributed by atoms with Gasteiger partial charge in [0, 0.05) is 33.1 Å². The predicted octanol–water partition coefficient (Wildman–Crippen LogP) is -0.00270. The lowest BCUT2D eigenvalue weighted by atomic mass is 9.97. The van der Waals surface area contributed by atoms with E-state index in [1.54, 1.807) is 6.07 Å². The van der Waals surface area contributed by atoms with E-state index >= 15 is 0 Å². The molecule has 8 heteroatoms. The lowest BCUT2D eigenvalue weighted by Crippen LogP contribution is -2.59. The van der Waals surface area contributed by atoms with Crippen molar-refractivity contribution in [1.29, 1.82) is 0 Å². The van der Waals surface area contributed by atoms with Crippen molar-refractivity contribution in [2.24, 2.45) is 0 Å². The summed E-state index contributed by atoms with van der Waals surface area (Å²) in [6.45, 7) is 0.306. The Labute approximate surface area is 124 Å². The van der Waals surface area contributed by atoms with Crippen LogP contribution in [0.5, 0.6) is 0 Å². The summed E-state index contributed by atoms with van der Waals surface area (Å²) in [6, 6.07) is 3.03. The predicted molar refractivity (Wildman–Crippen MR) is 76.0 cm³/mol. The molecule has 1 amide bonds. The average molecular weight is 313 g/mol. The van der Waals surface area contributed by atoms with Crippen molar-refractivity contribution in [3.05, 3.63) is 24.5 Å². The van der Waals surface area contributed by atoms with Crippen LogP contribution in [-0.4, -0.2) is 56.5 Å². The summed E-state index contributed by atoms with van der Waals surface area (Å²) in [4.78, 5) is 16.2. The number of rotatable bonds is 5. The summed E-state index contributed by atoms with van der Waals surface area (Å²) in [7, 11) is -0.844. The van der Waals surface area contributed by atoms with Gasteiger partial charge in [-0.3, -0.25) is 9.78 Å². The number of likely N-dealkylation sites (N-methyl/N-ethyl adjacent to an activating group) is 1. The third-order valence-electron chi connectivity index (χ3n) is 3.68. The van der Waals surface area contributed by atoms with Gasteiger partial charge in [-0.05, 0) is 25.0 Å². The van der Waals surface area contributed by atoms with Crippen molar-refractivity contribution in [1.82, 2.24) is 14.6 Å². The summed E-state index contributed by atoms with van der Waals surface area (Å²) in [5.41, 5.74) is -1.20. The minimum atomic E-state index is -3.79. The number of methoxy groups -OCH3 is 1. The number of hydrogen-bond acceptors (Lipinski definition) is 5. The number of sulfonamides is 1. The Balaban J connectivity index is 2.48. The molecule has 1 aromatic heterocycles. The fourth-order valence-electron chi connectivity index (χ4n) is 2.74. The van der Waals surface area contributed by atoms with Crippen molar-refractivity contribution >= 4 is 15.9 Å². The number of carbonyl (C=O) groups is 1. The van der Waals surface area contributed by atoms with Crippen LogP contribution in [0.4, 0.5) is 0 Å². The van der Waals surface area contributed by atoms with Crippen molar-refractivity contribution < 1.29 is 17.9 Å². The van der Waals surface area contributed by atoms with Crippen LogP contribution in [0.25, 0.3) is 0 Å². The largest absolute Gasteiger partial charge is 0.382 e. The molecule has 1 fully saturated rings. The second kappa shape index (κ2) is 6.08. The van der Waals surface area contributed by atoms with Crippen molar-refractivity contribution in [2.45, 2.75) is 23.3 Å². The average Bonchev–Trinajstić information content (AvgIpc) is 2.93. The zero-order valence-electron chi connectivity index (χ0n) is 12.1. The van der Waals surface area contributed by atoms with Crippen LogP contribution < -0.4 is 5.32 Å².